The van der Waals surface area contributed by atoms with E-state index in [1.807, 2.05) is 43.3 Å². The number of ketones is 1. The Kier molecular flexibility index (Phi) is 6.79. The number of amides is 2. The molecular formula is C28H29FN4O3. The first kappa shape index (κ1) is 24.9. The number of hydrogen-bond acceptors (Lipinski definition) is 4. The van der Waals surface area contributed by atoms with Crippen molar-refractivity contribution in [2.75, 3.05) is 24.3 Å². The quantitative estimate of drug-likeness (QED) is 0.433. The number of Topliss-reactive ketones (excluding diaryl/α,β-unsaturated/α-hetero) is 1. The van der Waals surface area contributed by atoms with Crippen LogP contribution < -0.4 is 15.5 Å². The third-order valence-corrected chi connectivity index (χ3v) is 6.42. The second kappa shape index (κ2) is 9.81. The van der Waals surface area contributed by atoms with Crippen LogP contribution in [0.2, 0.25) is 0 Å². The van der Waals surface area contributed by atoms with Crippen molar-refractivity contribution in [1.29, 1.82) is 0 Å². The monoisotopic (exact) mass is 488 g/mol. The van der Waals surface area contributed by atoms with Gasteiger partial charge in [-0.3, -0.25) is 14.4 Å². The highest BCUT2D eigenvalue weighted by Gasteiger charge is 2.27. The van der Waals surface area contributed by atoms with E-state index in [9.17, 15) is 18.8 Å². The van der Waals surface area contributed by atoms with Gasteiger partial charge in [0.05, 0.1) is 17.2 Å². The molecule has 1 aliphatic heterocycles. The second-order valence-electron chi connectivity index (χ2n) is 9.26. The molecule has 36 heavy (non-hydrogen) atoms. The van der Waals surface area contributed by atoms with Gasteiger partial charge in [0.15, 0.2) is 5.78 Å². The van der Waals surface area contributed by atoms with Crippen LogP contribution in [0.25, 0.3) is 11.6 Å². The van der Waals surface area contributed by atoms with Crippen molar-refractivity contribution in [1.82, 2.24) is 10.3 Å². The fourth-order valence-electron chi connectivity index (χ4n) is 4.32. The summed E-state index contributed by atoms with van der Waals surface area (Å²) in [6, 6.07) is 11.1. The van der Waals surface area contributed by atoms with E-state index < -0.39 is 11.9 Å². The molecule has 4 rings (SSSR count). The van der Waals surface area contributed by atoms with Crippen LogP contribution in [0.15, 0.2) is 42.5 Å². The van der Waals surface area contributed by atoms with E-state index in [4.69, 9.17) is 0 Å². The third kappa shape index (κ3) is 4.93. The molecule has 2 aromatic carbocycles. The number of rotatable bonds is 7. The Morgan fingerprint density at radius 3 is 2.47 bits per heavy atom. The maximum absolute atomic E-state index is 13.8. The average Bonchev–Trinajstić information content (AvgIpc) is 3.28. The van der Waals surface area contributed by atoms with Gasteiger partial charge in [-0.15, -0.1) is 0 Å². The minimum absolute atomic E-state index is 0.101. The molecular weight excluding hydrogens is 459 g/mol. The number of nitrogens with one attached hydrogen (secondary N) is 3. The first-order valence-electron chi connectivity index (χ1n) is 11.7. The number of benzene rings is 2. The largest absolute Gasteiger partial charge is 0.378 e. The molecule has 0 radical (unpaired) electrons. The van der Waals surface area contributed by atoms with Crippen LogP contribution >= 0.6 is 0 Å². The molecule has 8 heteroatoms. The summed E-state index contributed by atoms with van der Waals surface area (Å²) in [6.45, 7) is 5.19. The SMILES string of the molecule is Cc1[nH]c(/C=C2\C(=O)Nc3ccc(F)cc32)c(C)c1C(=O)NC(C)C(=O)Cc1ccc(N(C)C)cc1. The highest BCUT2D eigenvalue weighted by molar-refractivity contribution is 6.34. The fourth-order valence-corrected chi connectivity index (χ4v) is 4.32. The summed E-state index contributed by atoms with van der Waals surface area (Å²) in [5.74, 6) is -1.26. The number of aromatic nitrogens is 1. The van der Waals surface area contributed by atoms with Crippen LogP contribution in [0.1, 0.15) is 45.4 Å². The number of carbonyl (C=O) groups is 3. The van der Waals surface area contributed by atoms with E-state index in [0.717, 1.165) is 11.3 Å². The standard InChI is InChI=1S/C28H29FN4O3/c1-15-24(14-22-21-13-19(29)8-11-23(21)32-27(22)35)30-17(3)26(15)28(36)31-16(2)25(34)12-18-6-9-20(10-7-18)33(4)5/h6-11,13-14,16,30H,12H2,1-5H3,(H,31,36)(H,32,35)/b22-14-. The van der Waals surface area contributed by atoms with E-state index in [0.29, 0.717) is 39.3 Å². The van der Waals surface area contributed by atoms with Crippen molar-refractivity contribution in [2.24, 2.45) is 0 Å². The minimum atomic E-state index is -0.683. The predicted octanol–water partition coefficient (Wildman–Crippen LogP) is 4.26. The number of halogens is 1. The van der Waals surface area contributed by atoms with Crippen molar-refractivity contribution >= 4 is 40.6 Å². The Hall–Kier alpha value is -4.20. The maximum atomic E-state index is 13.8. The van der Waals surface area contributed by atoms with E-state index in [1.165, 1.54) is 18.2 Å². The van der Waals surface area contributed by atoms with Crippen molar-refractivity contribution < 1.29 is 18.8 Å². The number of fused-ring (bicyclic) bond motifs is 1. The Bertz CT molecular complexity index is 1390. The van der Waals surface area contributed by atoms with Gasteiger partial charge in [-0.25, -0.2) is 4.39 Å². The summed E-state index contributed by atoms with van der Waals surface area (Å²) < 4.78 is 13.8. The smallest absolute Gasteiger partial charge is 0.256 e. The Labute approximate surface area is 209 Å². The molecule has 7 nitrogen and oxygen atoms in total. The van der Waals surface area contributed by atoms with Crippen LogP contribution in [-0.2, 0) is 16.0 Å². The summed E-state index contributed by atoms with van der Waals surface area (Å²) in [6.07, 6.45) is 1.83. The van der Waals surface area contributed by atoms with E-state index >= 15 is 0 Å². The first-order valence-corrected chi connectivity index (χ1v) is 11.7. The topological polar surface area (TPSA) is 94.3 Å². The zero-order chi connectivity index (χ0) is 26.1. The summed E-state index contributed by atoms with van der Waals surface area (Å²) in [7, 11) is 3.90. The van der Waals surface area contributed by atoms with Gasteiger partial charge in [0, 0.05) is 48.8 Å². The van der Waals surface area contributed by atoms with Crippen LogP contribution in [-0.4, -0.2) is 42.7 Å². The van der Waals surface area contributed by atoms with E-state index in [2.05, 4.69) is 15.6 Å². The van der Waals surface area contributed by atoms with Crippen molar-refractivity contribution in [3.8, 4) is 0 Å². The van der Waals surface area contributed by atoms with Crippen LogP contribution in [0.4, 0.5) is 15.8 Å². The summed E-state index contributed by atoms with van der Waals surface area (Å²) >= 11 is 0. The first-order chi connectivity index (χ1) is 17.0. The van der Waals surface area contributed by atoms with Gasteiger partial charge in [0.1, 0.15) is 5.82 Å². The van der Waals surface area contributed by atoms with Gasteiger partial charge < -0.3 is 20.5 Å². The molecule has 3 aromatic rings. The van der Waals surface area contributed by atoms with E-state index in [1.54, 1.807) is 26.8 Å². The van der Waals surface area contributed by atoms with Crippen molar-refractivity contribution in [3.63, 3.8) is 0 Å². The lowest BCUT2D eigenvalue weighted by molar-refractivity contribution is -0.119. The lowest BCUT2D eigenvalue weighted by Crippen LogP contribution is -2.39. The number of aromatic amines is 1. The van der Waals surface area contributed by atoms with Crippen LogP contribution in [0, 0.1) is 19.7 Å². The Balaban J connectivity index is 1.50. The summed E-state index contributed by atoms with van der Waals surface area (Å²) in [4.78, 5) is 43.5. The molecule has 0 saturated heterocycles. The summed E-state index contributed by atoms with van der Waals surface area (Å²) in [5.41, 5.74) is 5.45. The molecule has 1 aromatic heterocycles. The number of nitrogens with zero attached hydrogens (tertiary/aromatic N) is 1. The Morgan fingerprint density at radius 1 is 1.11 bits per heavy atom. The van der Waals surface area contributed by atoms with Gasteiger partial charge in [-0.2, -0.15) is 0 Å². The highest BCUT2D eigenvalue weighted by atomic mass is 19.1. The Morgan fingerprint density at radius 2 is 1.81 bits per heavy atom. The highest BCUT2D eigenvalue weighted by Crippen LogP contribution is 2.34. The molecule has 0 fully saturated rings. The van der Waals surface area contributed by atoms with Gasteiger partial charge in [0.25, 0.3) is 11.8 Å². The average molecular weight is 489 g/mol. The predicted molar refractivity (Wildman–Crippen MR) is 140 cm³/mol. The van der Waals surface area contributed by atoms with Gasteiger partial charge in [-0.1, -0.05) is 12.1 Å². The van der Waals surface area contributed by atoms with Crippen LogP contribution in [0.3, 0.4) is 0 Å². The summed E-state index contributed by atoms with van der Waals surface area (Å²) in [5, 5.41) is 5.52. The molecule has 1 atom stereocenters. The third-order valence-electron chi connectivity index (χ3n) is 6.42. The fraction of sp³-hybridized carbons (Fsp3) is 0.250. The van der Waals surface area contributed by atoms with Crippen molar-refractivity contribution in [2.45, 2.75) is 33.2 Å². The lowest BCUT2D eigenvalue weighted by Gasteiger charge is -2.15. The lowest BCUT2D eigenvalue weighted by atomic mass is 10.0. The molecule has 2 amide bonds. The second-order valence-corrected chi connectivity index (χ2v) is 9.26. The molecule has 1 aliphatic rings. The number of hydrogen-bond donors (Lipinski definition) is 3. The minimum Gasteiger partial charge on any atom is -0.378 e. The van der Waals surface area contributed by atoms with E-state index in [-0.39, 0.29) is 24.0 Å². The molecule has 0 aliphatic carbocycles. The number of anilines is 2. The molecule has 3 N–H and O–H groups in total. The molecule has 0 saturated carbocycles. The maximum Gasteiger partial charge on any atom is 0.256 e. The van der Waals surface area contributed by atoms with Gasteiger partial charge in [0.2, 0.25) is 0 Å². The van der Waals surface area contributed by atoms with Gasteiger partial charge in [-0.05, 0) is 68.3 Å². The molecule has 0 spiro atoms. The zero-order valence-electron chi connectivity index (χ0n) is 21.0. The molecule has 1 unspecified atom stereocenters. The van der Waals surface area contributed by atoms with Gasteiger partial charge >= 0.3 is 0 Å². The van der Waals surface area contributed by atoms with Crippen molar-refractivity contribution in [3.05, 3.63) is 81.9 Å². The number of aryl methyl sites for hydroxylation is 1. The zero-order valence-corrected chi connectivity index (χ0v) is 21.0. The number of carbonyl (C=O) groups excluding carboxylic acids is 3. The molecule has 0 bridgehead atoms. The number of H-pyrrole nitrogens is 1. The van der Waals surface area contributed by atoms with Crippen LogP contribution in [0.5, 0.6) is 0 Å². The normalized spacial score (nSPS) is 14.4. The molecule has 186 valence electrons. The molecule has 2 heterocycles.